The Morgan fingerprint density at radius 2 is 1.88 bits per heavy atom. The first-order valence-corrected chi connectivity index (χ1v) is 8.97. The van der Waals surface area contributed by atoms with Crippen LogP contribution in [0.4, 0.5) is 16.2 Å². The lowest BCUT2D eigenvalue weighted by Crippen LogP contribution is -2.43. The normalized spacial score (nSPS) is 16.8. The summed E-state index contributed by atoms with van der Waals surface area (Å²) < 4.78 is 0. The molecule has 0 aromatic heterocycles. The lowest BCUT2D eigenvalue weighted by Gasteiger charge is -2.35. The molecule has 0 atom stereocenters. The number of carbonyl (C=O) groups is 2. The van der Waals surface area contributed by atoms with Crippen molar-refractivity contribution in [2.45, 2.75) is 31.7 Å². The van der Waals surface area contributed by atoms with Crippen molar-refractivity contribution in [1.82, 2.24) is 4.90 Å². The number of rotatable bonds is 2. The molecule has 2 aromatic rings. The summed E-state index contributed by atoms with van der Waals surface area (Å²) in [5.41, 5.74) is 4.27. The summed E-state index contributed by atoms with van der Waals surface area (Å²) >= 11 is 0. The molecule has 1 N–H and O–H groups in total. The van der Waals surface area contributed by atoms with E-state index >= 15 is 0 Å². The minimum atomic E-state index is -0.0894. The summed E-state index contributed by atoms with van der Waals surface area (Å²) in [6.07, 6.45) is 2.29. The molecule has 1 aliphatic carbocycles. The average molecular weight is 349 g/mol. The molecule has 4 rings (SSSR count). The van der Waals surface area contributed by atoms with Gasteiger partial charge >= 0.3 is 6.03 Å². The number of urea groups is 1. The summed E-state index contributed by atoms with van der Waals surface area (Å²) in [5.74, 6) is -0.0446. The van der Waals surface area contributed by atoms with E-state index in [9.17, 15) is 9.59 Å². The van der Waals surface area contributed by atoms with Crippen LogP contribution in [0.3, 0.4) is 0 Å². The molecule has 1 heterocycles. The van der Waals surface area contributed by atoms with Crippen LogP contribution in [0.15, 0.2) is 48.5 Å². The monoisotopic (exact) mass is 349 g/mol. The van der Waals surface area contributed by atoms with Crippen molar-refractivity contribution in [3.05, 3.63) is 59.7 Å². The molecule has 2 aromatic carbocycles. The SMILES string of the molecule is CC(=O)N(C)c1cccc(NC(=O)N2Cc3ccccc3C3(CC3)C2)c1. The molecule has 2 aliphatic rings. The van der Waals surface area contributed by atoms with E-state index in [-0.39, 0.29) is 17.4 Å². The van der Waals surface area contributed by atoms with Gasteiger partial charge in [-0.3, -0.25) is 4.79 Å². The quantitative estimate of drug-likeness (QED) is 0.898. The Kier molecular flexibility index (Phi) is 3.94. The van der Waals surface area contributed by atoms with E-state index in [1.807, 2.05) is 35.2 Å². The predicted octanol–water partition coefficient (Wildman–Crippen LogP) is 3.75. The Bertz CT molecular complexity index is 873. The standard InChI is InChI=1S/C21H23N3O2/c1-15(25)23(2)18-8-5-7-17(12-18)22-20(26)24-13-16-6-3-4-9-19(16)21(14-24)10-11-21/h3-9,12H,10-11,13-14H2,1-2H3,(H,22,26). The Morgan fingerprint density at radius 3 is 2.62 bits per heavy atom. The molecule has 134 valence electrons. The molecule has 1 saturated carbocycles. The highest BCUT2D eigenvalue weighted by Gasteiger charge is 2.49. The molecular formula is C21H23N3O2. The van der Waals surface area contributed by atoms with Gasteiger partial charge in [-0.25, -0.2) is 4.79 Å². The van der Waals surface area contributed by atoms with Gasteiger partial charge in [0.25, 0.3) is 0 Å². The van der Waals surface area contributed by atoms with Gasteiger partial charge in [-0.2, -0.15) is 0 Å². The number of carbonyl (C=O) groups excluding carboxylic acids is 2. The molecule has 26 heavy (non-hydrogen) atoms. The third-order valence-corrected chi connectivity index (χ3v) is 5.54. The van der Waals surface area contributed by atoms with E-state index in [1.54, 1.807) is 11.9 Å². The number of nitrogens with zero attached hydrogens (tertiary/aromatic N) is 2. The van der Waals surface area contributed by atoms with Crippen LogP contribution in [-0.2, 0) is 16.8 Å². The maximum atomic E-state index is 12.8. The van der Waals surface area contributed by atoms with Crippen LogP contribution in [-0.4, -0.2) is 30.4 Å². The van der Waals surface area contributed by atoms with Gasteiger partial charge in [-0.15, -0.1) is 0 Å². The minimum Gasteiger partial charge on any atom is -0.319 e. The van der Waals surface area contributed by atoms with Crippen LogP contribution < -0.4 is 10.2 Å². The summed E-state index contributed by atoms with van der Waals surface area (Å²) in [5, 5.41) is 2.99. The second kappa shape index (κ2) is 6.16. The van der Waals surface area contributed by atoms with Crippen LogP contribution in [0.2, 0.25) is 0 Å². The summed E-state index contributed by atoms with van der Waals surface area (Å²) in [4.78, 5) is 27.9. The fourth-order valence-electron chi connectivity index (χ4n) is 3.79. The number of nitrogens with one attached hydrogen (secondary N) is 1. The highest BCUT2D eigenvalue weighted by atomic mass is 16.2. The van der Waals surface area contributed by atoms with E-state index in [0.29, 0.717) is 12.2 Å². The molecule has 0 bridgehead atoms. The van der Waals surface area contributed by atoms with Crippen molar-refractivity contribution in [2.75, 3.05) is 23.8 Å². The van der Waals surface area contributed by atoms with E-state index in [1.165, 1.54) is 18.1 Å². The van der Waals surface area contributed by atoms with Crippen molar-refractivity contribution in [1.29, 1.82) is 0 Å². The molecule has 0 saturated heterocycles. The van der Waals surface area contributed by atoms with Crippen molar-refractivity contribution in [3.63, 3.8) is 0 Å². The topological polar surface area (TPSA) is 52.7 Å². The van der Waals surface area contributed by atoms with Gasteiger partial charge in [-0.05, 0) is 42.2 Å². The van der Waals surface area contributed by atoms with Gasteiger partial charge in [0.05, 0.1) is 0 Å². The third-order valence-electron chi connectivity index (χ3n) is 5.54. The number of amides is 3. The first-order valence-electron chi connectivity index (χ1n) is 8.97. The molecule has 1 fully saturated rings. The Balaban J connectivity index is 1.51. The number of benzene rings is 2. The third kappa shape index (κ3) is 2.94. The van der Waals surface area contributed by atoms with Crippen molar-refractivity contribution >= 4 is 23.3 Å². The van der Waals surface area contributed by atoms with Crippen LogP contribution >= 0.6 is 0 Å². The zero-order chi connectivity index (χ0) is 18.3. The Hall–Kier alpha value is -2.82. The first kappa shape index (κ1) is 16.6. The first-order chi connectivity index (χ1) is 12.5. The number of fused-ring (bicyclic) bond motifs is 2. The van der Waals surface area contributed by atoms with Gasteiger partial charge in [0.1, 0.15) is 0 Å². The number of hydrogen-bond donors (Lipinski definition) is 1. The molecule has 5 nitrogen and oxygen atoms in total. The molecule has 0 unspecified atom stereocenters. The van der Waals surface area contributed by atoms with Gasteiger partial charge in [0.15, 0.2) is 0 Å². The number of anilines is 2. The average Bonchev–Trinajstić information content (AvgIpc) is 3.41. The number of hydrogen-bond acceptors (Lipinski definition) is 2. The van der Waals surface area contributed by atoms with Gasteiger partial charge in [0, 0.05) is 43.9 Å². The smallest absolute Gasteiger partial charge is 0.319 e. The maximum absolute atomic E-state index is 12.8. The summed E-state index contributed by atoms with van der Waals surface area (Å²) in [7, 11) is 1.72. The lowest BCUT2D eigenvalue weighted by atomic mass is 9.87. The molecule has 1 spiro atoms. The zero-order valence-corrected chi connectivity index (χ0v) is 15.2. The molecule has 5 heteroatoms. The fraction of sp³-hybridized carbons (Fsp3) is 0.333. The van der Waals surface area contributed by atoms with E-state index in [0.717, 1.165) is 25.1 Å². The largest absolute Gasteiger partial charge is 0.322 e. The molecular weight excluding hydrogens is 326 g/mol. The molecule has 0 radical (unpaired) electrons. The molecule has 1 aliphatic heterocycles. The summed E-state index contributed by atoms with van der Waals surface area (Å²) in [6.45, 7) is 2.92. The van der Waals surface area contributed by atoms with E-state index in [2.05, 4.69) is 23.5 Å². The van der Waals surface area contributed by atoms with Gasteiger partial charge in [-0.1, -0.05) is 30.3 Å². The lowest BCUT2D eigenvalue weighted by molar-refractivity contribution is -0.116. The van der Waals surface area contributed by atoms with Crippen LogP contribution in [0, 0.1) is 0 Å². The highest BCUT2D eigenvalue weighted by molar-refractivity contribution is 5.93. The zero-order valence-electron chi connectivity index (χ0n) is 15.2. The Labute approximate surface area is 153 Å². The van der Waals surface area contributed by atoms with E-state index in [4.69, 9.17) is 0 Å². The molecule has 3 amide bonds. The van der Waals surface area contributed by atoms with E-state index < -0.39 is 0 Å². The maximum Gasteiger partial charge on any atom is 0.322 e. The summed E-state index contributed by atoms with van der Waals surface area (Å²) in [6, 6.07) is 15.7. The second-order valence-corrected chi connectivity index (χ2v) is 7.35. The van der Waals surface area contributed by atoms with Gasteiger partial charge < -0.3 is 15.1 Å². The minimum absolute atomic E-state index is 0.0446. The van der Waals surface area contributed by atoms with Crippen molar-refractivity contribution in [3.8, 4) is 0 Å². The van der Waals surface area contributed by atoms with Crippen molar-refractivity contribution in [2.24, 2.45) is 0 Å². The fourth-order valence-corrected chi connectivity index (χ4v) is 3.79. The second-order valence-electron chi connectivity index (χ2n) is 7.35. The van der Waals surface area contributed by atoms with Gasteiger partial charge in [0.2, 0.25) is 5.91 Å². The van der Waals surface area contributed by atoms with Crippen LogP contribution in [0.5, 0.6) is 0 Å². The van der Waals surface area contributed by atoms with Crippen molar-refractivity contribution < 1.29 is 9.59 Å². The van der Waals surface area contributed by atoms with Crippen LogP contribution in [0.25, 0.3) is 0 Å². The highest BCUT2D eigenvalue weighted by Crippen LogP contribution is 2.52. The predicted molar refractivity (Wildman–Crippen MR) is 102 cm³/mol. The van der Waals surface area contributed by atoms with Crippen LogP contribution in [0.1, 0.15) is 30.9 Å². The Morgan fingerprint density at radius 1 is 1.12 bits per heavy atom.